The Kier molecular flexibility index (Phi) is 5.78. The molecule has 0 saturated heterocycles. The van der Waals surface area contributed by atoms with Crippen molar-refractivity contribution in [2.45, 2.75) is 22.6 Å². The van der Waals surface area contributed by atoms with Gasteiger partial charge in [0.1, 0.15) is 0 Å². The predicted molar refractivity (Wildman–Crippen MR) is 128 cm³/mol. The fourth-order valence-electron chi connectivity index (χ4n) is 3.55. The Morgan fingerprint density at radius 1 is 0.774 bits per heavy atom. The normalized spacial score (nSPS) is 11.3. The molecule has 5 rings (SSSR count). The van der Waals surface area contributed by atoms with E-state index in [0.717, 1.165) is 38.6 Å². The first kappa shape index (κ1) is 19.9. The van der Waals surface area contributed by atoms with E-state index < -0.39 is 0 Å². The molecule has 0 aliphatic carbocycles. The standard InChI is InChI=1S/C24H21N5S2/c1-30-24-27-26-22(29(24)19-12-6-3-7-13-19)16-28-21-15-9-8-14-20(21)25-23(28)31-17-18-10-4-2-5-11-18/h2-15H,16-17H2,1H3. The molecule has 0 atom stereocenters. The van der Waals surface area contributed by atoms with Crippen LogP contribution in [-0.2, 0) is 12.3 Å². The maximum Gasteiger partial charge on any atom is 0.195 e. The third kappa shape index (κ3) is 4.11. The van der Waals surface area contributed by atoms with E-state index in [1.165, 1.54) is 5.56 Å². The van der Waals surface area contributed by atoms with Gasteiger partial charge in [-0.25, -0.2) is 4.98 Å². The van der Waals surface area contributed by atoms with Crippen molar-refractivity contribution < 1.29 is 0 Å². The number of hydrogen-bond donors (Lipinski definition) is 0. The van der Waals surface area contributed by atoms with E-state index in [-0.39, 0.29) is 0 Å². The van der Waals surface area contributed by atoms with E-state index in [2.05, 4.69) is 73.9 Å². The van der Waals surface area contributed by atoms with E-state index in [1.54, 1.807) is 23.5 Å². The second kappa shape index (κ2) is 8.99. The van der Waals surface area contributed by atoms with Crippen LogP contribution in [0.2, 0.25) is 0 Å². The lowest BCUT2D eigenvalue weighted by atomic mass is 10.2. The smallest absolute Gasteiger partial charge is 0.195 e. The van der Waals surface area contributed by atoms with Crippen molar-refractivity contribution in [2.24, 2.45) is 0 Å². The van der Waals surface area contributed by atoms with Crippen LogP contribution in [0.1, 0.15) is 11.4 Å². The monoisotopic (exact) mass is 443 g/mol. The first-order valence-corrected chi connectivity index (χ1v) is 12.2. The molecule has 2 aromatic heterocycles. The molecule has 5 aromatic rings. The summed E-state index contributed by atoms with van der Waals surface area (Å²) in [6.07, 6.45) is 2.03. The van der Waals surface area contributed by atoms with Gasteiger partial charge < -0.3 is 4.57 Å². The van der Waals surface area contributed by atoms with Crippen LogP contribution in [0, 0.1) is 0 Å². The van der Waals surface area contributed by atoms with Crippen LogP contribution < -0.4 is 0 Å². The Balaban J connectivity index is 1.54. The zero-order valence-electron chi connectivity index (χ0n) is 17.0. The van der Waals surface area contributed by atoms with Crippen molar-refractivity contribution in [1.82, 2.24) is 24.3 Å². The van der Waals surface area contributed by atoms with Crippen molar-refractivity contribution in [1.29, 1.82) is 0 Å². The highest BCUT2D eigenvalue weighted by molar-refractivity contribution is 7.98. The molecule has 0 spiro atoms. The van der Waals surface area contributed by atoms with Crippen molar-refractivity contribution in [3.63, 3.8) is 0 Å². The second-order valence-corrected chi connectivity index (χ2v) is 8.73. The summed E-state index contributed by atoms with van der Waals surface area (Å²) in [4.78, 5) is 4.92. The minimum atomic E-state index is 0.597. The zero-order valence-corrected chi connectivity index (χ0v) is 18.7. The molecule has 7 heteroatoms. The number of aromatic nitrogens is 5. The fourth-order valence-corrected chi connectivity index (χ4v) is 5.04. The van der Waals surface area contributed by atoms with Gasteiger partial charge in [-0.3, -0.25) is 4.57 Å². The molecular formula is C24H21N5S2. The van der Waals surface area contributed by atoms with Gasteiger partial charge in [-0.1, -0.05) is 84.2 Å². The second-order valence-electron chi connectivity index (χ2n) is 7.02. The predicted octanol–water partition coefficient (Wildman–Crippen LogP) is 5.68. The largest absolute Gasteiger partial charge is 0.311 e. The van der Waals surface area contributed by atoms with Crippen LogP contribution in [-0.4, -0.2) is 30.6 Å². The maximum absolute atomic E-state index is 4.92. The molecule has 0 fully saturated rings. The van der Waals surface area contributed by atoms with Gasteiger partial charge in [-0.15, -0.1) is 10.2 Å². The molecule has 0 aliphatic rings. The van der Waals surface area contributed by atoms with Gasteiger partial charge in [-0.2, -0.15) is 0 Å². The van der Waals surface area contributed by atoms with Gasteiger partial charge in [0.15, 0.2) is 16.1 Å². The topological polar surface area (TPSA) is 48.5 Å². The van der Waals surface area contributed by atoms with E-state index in [4.69, 9.17) is 4.98 Å². The number of imidazole rings is 1. The van der Waals surface area contributed by atoms with E-state index >= 15 is 0 Å². The lowest BCUT2D eigenvalue weighted by Gasteiger charge is -2.12. The van der Waals surface area contributed by atoms with Crippen molar-refractivity contribution in [2.75, 3.05) is 6.26 Å². The third-order valence-corrected chi connectivity index (χ3v) is 6.70. The number of para-hydroxylation sites is 3. The molecule has 2 heterocycles. The van der Waals surface area contributed by atoms with Gasteiger partial charge in [0.05, 0.1) is 17.6 Å². The summed E-state index contributed by atoms with van der Waals surface area (Å²) < 4.78 is 4.38. The quantitative estimate of drug-likeness (QED) is 0.303. The highest BCUT2D eigenvalue weighted by Gasteiger charge is 2.18. The Hall–Kier alpha value is -3.03. The summed E-state index contributed by atoms with van der Waals surface area (Å²) >= 11 is 3.35. The molecule has 5 nitrogen and oxygen atoms in total. The highest BCUT2D eigenvalue weighted by atomic mass is 32.2. The summed E-state index contributed by atoms with van der Waals surface area (Å²) in [5, 5.41) is 10.8. The Bertz CT molecular complexity index is 1300. The van der Waals surface area contributed by atoms with Crippen molar-refractivity contribution in [3.8, 4) is 5.69 Å². The van der Waals surface area contributed by atoms with Crippen LogP contribution in [0.25, 0.3) is 16.7 Å². The first-order valence-electron chi connectivity index (χ1n) is 9.99. The van der Waals surface area contributed by atoms with E-state index in [0.29, 0.717) is 6.54 Å². The summed E-state index contributed by atoms with van der Waals surface area (Å²) in [6, 6.07) is 29.0. The van der Waals surface area contributed by atoms with Crippen LogP contribution in [0.4, 0.5) is 0 Å². The van der Waals surface area contributed by atoms with Gasteiger partial charge in [0, 0.05) is 11.4 Å². The Labute approximate surface area is 189 Å². The molecule has 3 aromatic carbocycles. The van der Waals surface area contributed by atoms with Gasteiger partial charge >= 0.3 is 0 Å². The van der Waals surface area contributed by atoms with Crippen LogP contribution >= 0.6 is 23.5 Å². The molecule has 0 radical (unpaired) electrons. The lowest BCUT2D eigenvalue weighted by molar-refractivity contribution is 0.675. The first-order chi connectivity index (χ1) is 15.3. The number of benzene rings is 3. The van der Waals surface area contributed by atoms with Gasteiger partial charge in [-0.05, 0) is 36.1 Å². The maximum atomic E-state index is 4.92. The molecule has 31 heavy (non-hydrogen) atoms. The molecular weight excluding hydrogens is 422 g/mol. The van der Waals surface area contributed by atoms with Crippen LogP contribution in [0.5, 0.6) is 0 Å². The van der Waals surface area contributed by atoms with E-state index in [1.807, 2.05) is 36.6 Å². The highest BCUT2D eigenvalue weighted by Crippen LogP contribution is 2.29. The molecule has 154 valence electrons. The number of fused-ring (bicyclic) bond motifs is 1. The minimum Gasteiger partial charge on any atom is -0.311 e. The summed E-state index contributed by atoms with van der Waals surface area (Å²) in [5.74, 6) is 1.76. The van der Waals surface area contributed by atoms with Crippen LogP contribution in [0.3, 0.4) is 0 Å². The molecule has 0 N–H and O–H groups in total. The molecule has 0 saturated carbocycles. The Morgan fingerprint density at radius 3 is 2.26 bits per heavy atom. The summed E-state index contributed by atoms with van der Waals surface area (Å²) in [7, 11) is 0. The molecule has 0 unspecified atom stereocenters. The Morgan fingerprint density at radius 2 is 1.48 bits per heavy atom. The van der Waals surface area contributed by atoms with Crippen molar-refractivity contribution >= 4 is 34.6 Å². The number of nitrogens with zero attached hydrogens (tertiary/aromatic N) is 5. The van der Waals surface area contributed by atoms with E-state index in [9.17, 15) is 0 Å². The molecule has 0 amide bonds. The van der Waals surface area contributed by atoms with Gasteiger partial charge in [0.2, 0.25) is 0 Å². The average Bonchev–Trinajstić information content (AvgIpc) is 3.40. The zero-order chi connectivity index (χ0) is 21.0. The fraction of sp³-hybridized carbons (Fsp3) is 0.125. The molecule has 0 aliphatic heterocycles. The van der Waals surface area contributed by atoms with Crippen LogP contribution in [0.15, 0.2) is 95.2 Å². The minimum absolute atomic E-state index is 0.597. The number of hydrogen-bond acceptors (Lipinski definition) is 5. The SMILES string of the molecule is CSc1nnc(Cn2c(SCc3ccccc3)nc3ccccc32)n1-c1ccccc1. The lowest BCUT2D eigenvalue weighted by Crippen LogP contribution is -2.09. The van der Waals surface area contributed by atoms with Gasteiger partial charge in [0.25, 0.3) is 0 Å². The summed E-state index contributed by atoms with van der Waals surface area (Å²) in [6.45, 7) is 0.597. The average molecular weight is 444 g/mol. The van der Waals surface area contributed by atoms with Crippen molar-refractivity contribution in [3.05, 3.63) is 96.3 Å². The molecule has 0 bridgehead atoms. The summed E-state index contributed by atoms with van der Waals surface area (Å²) in [5.41, 5.74) is 4.44. The third-order valence-electron chi connectivity index (χ3n) is 5.03. The number of rotatable bonds is 7. The number of thioether (sulfide) groups is 2.